The van der Waals surface area contributed by atoms with Crippen LogP contribution < -0.4 is 15.6 Å². The van der Waals surface area contributed by atoms with Crippen molar-refractivity contribution in [3.8, 4) is 16.3 Å². The fourth-order valence-electron chi connectivity index (χ4n) is 2.48. The summed E-state index contributed by atoms with van der Waals surface area (Å²) in [4.78, 5) is 4.30. The highest BCUT2D eigenvalue weighted by atomic mass is 32.1. The molecule has 0 atom stereocenters. The predicted octanol–water partition coefficient (Wildman–Crippen LogP) is 4.15. The molecule has 0 amide bonds. The number of benzene rings is 2. The van der Waals surface area contributed by atoms with Crippen molar-refractivity contribution in [3.05, 3.63) is 64.9 Å². The highest BCUT2D eigenvalue weighted by Gasteiger charge is 2.12. The molecule has 0 radical (unpaired) electrons. The van der Waals surface area contributed by atoms with Gasteiger partial charge in [-0.25, -0.2) is 15.2 Å². The summed E-state index contributed by atoms with van der Waals surface area (Å²) in [6.45, 7) is 2.07. The first kappa shape index (κ1) is 16.4. The van der Waals surface area contributed by atoms with Gasteiger partial charge in [-0.3, -0.25) is 0 Å². The third kappa shape index (κ3) is 3.39. The summed E-state index contributed by atoms with van der Waals surface area (Å²) in [5.74, 6) is 6.14. The lowest BCUT2D eigenvalue weighted by molar-refractivity contribution is 0.298. The standard InChI is InChI=1S/C18H18FN3OS/c1-12-10-13(18-21-8-9-24-18)6-7-17(12)23-11-14-15(19)4-3-5-16(14)22(2)20/h3-10H,11,20H2,1-2H3. The van der Waals surface area contributed by atoms with Gasteiger partial charge in [0.1, 0.15) is 23.2 Å². The van der Waals surface area contributed by atoms with E-state index in [1.807, 2.05) is 30.5 Å². The lowest BCUT2D eigenvalue weighted by Crippen LogP contribution is -2.27. The van der Waals surface area contributed by atoms with E-state index in [1.165, 1.54) is 11.1 Å². The highest BCUT2D eigenvalue weighted by Crippen LogP contribution is 2.29. The van der Waals surface area contributed by atoms with Crippen LogP contribution in [0.4, 0.5) is 10.1 Å². The molecule has 0 aliphatic heterocycles. The topological polar surface area (TPSA) is 51.4 Å². The van der Waals surface area contributed by atoms with Gasteiger partial charge in [0.15, 0.2) is 0 Å². The first-order chi connectivity index (χ1) is 11.6. The third-order valence-electron chi connectivity index (χ3n) is 3.70. The van der Waals surface area contributed by atoms with Gasteiger partial charge < -0.3 is 9.75 Å². The normalized spacial score (nSPS) is 10.7. The van der Waals surface area contributed by atoms with Crippen LogP contribution in [0.3, 0.4) is 0 Å². The molecule has 3 aromatic rings. The summed E-state index contributed by atoms with van der Waals surface area (Å²) in [5, 5.41) is 4.30. The van der Waals surface area contributed by atoms with Crippen molar-refractivity contribution in [1.82, 2.24) is 4.98 Å². The molecule has 1 aromatic heterocycles. The van der Waals surface area contributed by atoms with Gasteiger partial charge in [-0.05, 0) is 42.8 Å². The minimum Gasteiger partial charge on any atom is -0.488 e. The fraction of sp³-hybridized carbons (Fsp3) is 0.167. The van der Waals surface area contributed by atoms with Crippen molar-refractivity contribution in [2.45, 2.75) is 13.5 Å². The van der Waals surface area contributed by atoms with Crippen molar-refractivity contribution < 1.29 is 9.13 Å². The number of aryl methyl sites for hydroxylation is 1. The quantitative estimate of drug-likeness (QED) is 0.559. The lowest BCUT2D eigenvalue weighted by Gasteiger charge is -2.18. The van der Waals surface area contributed by atoms with Crippen LogP contribution in [-0.4, -0.2) is 12.0 Å². The van der Waals surface area contributed by atoms with Crippen LogP contribution in [0, 0.1) is 12.7 Å². The Kier molecular flexibility index (Phi) is 4.78. The number of halogens is 1. The maximum absolute atomic E-state index is 14.1. The summed E-state index contributed by atoms with van der Waals surface area (Å²) in [7, 11) is 1.67. The lowest BCUT2D eigenvalue weighted by atomic mass is 10.1. The second-order valence-corrected chi connectivity index (χ2v) is 6.35. The second-order valence-electron chi connectivity index (χ2n) is 5.45. The van der Waals surface area contributed by atoms with E-state index in [9.17, 15) is 4.39 Å². The number of hydrazine groups is 1. The van der Waals surface area contributed by atoms with Crippen LogP contribution in [0.25, 0.3) is 10.6 Å². The molecule has 0 fully saturated rings. The van der Waals surface area contributed by atoms with E-state index in [0.717, 1.165) is 16.1 Å². The molecule has 2 N–H and O–H groups in total. The Balaban J connectivity index is 1.81. The number of hydrogen-bond donors (Lipinski definition) is 1. The Bertz CT molecular complexity index is 834. The zero-order valence-electron chi connectivity index (χ0n) is 13.5. The van der Waals surface area contributed by atoms with E-state index in [2.05, 4.69) is 4.98 Å². The largest absolute Gasteiger partial charge is 0.488 e. The fourth-order valence-corrected chi connectivity index (χ4v) is 3.12. The molecule has 4 nitrogen and oxygen atoms in total. The zero-order valence-corrected chi connectivity index (χ0v) is 14.3. The number of aromatic nitrogens is 1. The summed E-state index contributed by atoms with van der Waals surface area (Å²) in [5.41, 5.74) is 3.06. The second kappa shape index (κ2) is 6.98. The number of hydrogen-bond acceptors (Lipinski definition) is 5. The zero-order chi connectivity index (χ0) is 17.1. The van der Waals surface area contributed by atoms with Crippen LogP contribution in [-0.2, 0) is 6.61 Å². The molecule has 1 heterocycles. The van der Waals surface area contributed by atoms with Crippen molar-refractivity contribution in [2.24, 2.45) is 5.84 Å². The van der Waals surface area contributed by atoms with E-state index >= 15 is 0 Å². The Hall–Kier alpha value is -2.44. The van der Waals surface area contributed by atoms with Crippen LogP contribution in [0.2, 0.25) is 0 Å². The molecule has 0 spiro atoms. The van der Waals surface area contributed by atoms with E-state index in [-0.39, 0.29) is 12.4 Å². The molecule has 0 aliphatic carbocycles. The van der Waals surface area contributed by atoms with Gasteiger partial charge >= 0.3 is 0 Å². The minimum absolute atomic E-state index is 0.112. The van der Waals surface area contributed by atoms with E-state index in [4.69, 9.17) is 10.6 Å². The van der Waals surface area contributed by atoms with Gasteiger partial charge in [-0.2, -0.15) is 0 Å². The van der Waals surface area contributed by atoms with Crippen molar-refractivity contribution in [2.75, 3.05) is 12.1 Å². The molecule has 124 valence electrons. The molecule has 0 saturated carbocycles. The summed E-state index contributed by atoms with van der Waals surface area (Å²) < 4.78 is 19.9. The first-order valence-electron chi connectivity index (χ1n) is 7.45. The van der Waals surface area contributed by atoms with Gasteiger partial charge in [0.25, 0.3) is 0 Å². The summed E-state index contributed by atoms with van der Waals surface area (Å²) >= 11 is 1.59. The average Bonchev–Trinajstić information content (AvgIpc) is 3.08. The Morgan fingerprint density at radius 1 is 1.29 bits per heavy atom. The van der Waals surface area contributed by atoms with Gasteiger partial charge in [-0.1, -0.05) is 6.07 Å². The Labute approximate surface area is 144 Å². The SMILES string of the molecule is Cc1cc(-c2nccs2)ccc1OCc1c(F)cccc1N(C)N. The van der Waals surface area contributed by atoms with Gasteiger partial charge in [-0.15, -0.1) is 11.3 Å². The highest BCUT2D eigenvalue weighted by molar-refractivity contribution is 7.13. The summed E-state index contributed by atoms with van der Waals surface area (Å²) in [6.07, 6.45) is 1.78. The monoisotopic (exact) mass is 343 g/mol. The molecule has 0 aliphatic rings. The average molecular weight is 343 g/mol. The van der Waals surface area contributed by atoms with Crippen molar-refractivity contribution in [1.29, 1.82) is 0 Å². The molecule has 0 unspecified atom stereocenters. The number of anilines is 1. The van der Waals surface area contributed by atoms with Gasteiger partial charge in [0.2, 0.25) is 0 Å². The number of rotatable bonds is 5. The van der Waals surface area contributed by atoms with Crippen LogP contribution in [0.15, 0.2) is 48.0 Å². The molecule has 3 rings (SSSR count). The predicted molar refractivity (Wildman–Crippen MR) is 95.6 cm³/mol. The van der Waals surface area contributed by atoms with Crippen molar-refractivity contribution >= 4 is 17.0 Å². The Morgan fingerprint density at radius 2 is 2.12 bits per heavy atom. The van der Waals surface area contributed by atoms with Gasteiger partial charge in [0.05, 0.1) is 5.69 Å². The maximum atomic E-state index is 14.1. The molecule has 0 saturated heterocycles. The number of thiazole rings is 1. The summed E-state index contributed by atoms with van der Waals surface area (Å²) in [6, 6.07) is 10.7. The van der Waals surface area contributed by atoms with Crippen LogP contribution in [0.1, 0.15) is 11.1 Å². The van der Waals surface area contributed by atoms with E-state index in [0.29, 0.717) is 17.0 Å². The molecular weight excluding hydrogens is 325 g/mol. The number of nitrogens with zero attached hydrogens (tertiary/aromatic N) is 2. The minimum atomic E-state index is -0.332. The number of ether oxygens (including phenoxy) is 1. The smallest absolute Gasteiger partial charge is 0.131 e. The number of nitrogens with two attached hydrogens (primary N) is 1. The molecule has 6 heteroatoms. The van der Waals surface area contributed by atoms with Crippen LogP contribution >= 0.6 is 11.3 Å². The third-order valence-corrected chi connectivity index (χ3v) is 4.52. The molecule has 0 bridgehead atoms. The van der Waals surface area contributed by atoms with E-state index in [1.54, 1.807) is 36.7 Å². The first-order valence-corrected chi connectivity index (χ1v) is 8.33. The maximum Gasteiger partial charge on any atom is 0.131 e. The van der Waals surface area contributed by atoms with Crippen molar-refractivity contribution in [3.63, 3.8) is 0 Å². The molecule has 2 aromatic carbocycles. The molecular formula is C18H18FN3OS. The molecule has 24 heavy (non-hydrogen) atoms. The van der Waals surface area contributed by atoms with Gasteiger partial charge in [0, 0.05) is 29.8 Å². The van der Waals surface area contributed by atoms with E-state index < -0.39 is 0 Å². The van der Waals surface area contributed by atoms with Crippen LogP contribution in [0.5, 0.6) is 5.75 Å². The Morgan fingerprint density at radius 3 is 2.79 bits per heavy atom.